The van der Waals surface area contributed by atoms with Crippen LogP contribution in [0.5, 0.6) is 5.75 Å². The van der Waals surface area contributed by atoms with E-state index in [0.717, 1.165) is 0 Å². The van der Waals surface area contributed by atoms with Gasteiger partial charge >= 0.3 is 0 Å². The van der Waals surface area contributed by atoms with Crippen molar-refractivity contribution in [3.8, 4) is 5.75 Å². The second-order valence-corrected chi connectivity index (χ2v) is 5.50. The topological polar surface area (TPSA) is 96.5 Å². The van der Waals surface area contributed by atoms with Gasteiger partial charge in [-0.3, -0.25) is 14.4 Å². The standard InChI is InChI=1S/C19H21N3O4/c1-13(23)22-16-8-6-14(7-9-16)18(24)20-10-11-21-19(25)15-4-3-5-17(12-15)26-2/h3-9,12H,10-11H2,1-2H3,(H,20,24)(H,21,25)(H,22,23). The van der Waals surface area contributed by atoms with Gasteiger partial charge in [0.1, 0.15) is 5.75 Å². The molecule has 0 aliphatic rings. The molecule has 136 valence electrons. The smallest absolute Gasteiger partial charge is 0.251 e. The molecule has 0 saturated carbocycles. The van der Waals surface area contributed by atoms with Crippen molar-refractivity contribution in [1.82, 2.24) is 10.6 Å². The van der Waals surface area contributed by atoms with Crippen LogP contribution in [-0.4, -0.2) is 37.9 Å². The lowest BCUT2D eigenvalue weighted by atomic mass is 10.2. The van der Waals surface area contributed by atoms with Crippen LogP contribution in [-0.2, 0) is 4.79 Å². The predicted molar refractivity (Wildman–Crippen MR) is 98.4 cm³/mol. The average molecular weight is 355 g/mol. The van der Waals surface area contributed by atoms with Crippen molar-refractivity contribution in [2.75, 3.05) is 25.5 Å². The van der Waals surface area contributed by atoms with Gasteiger partial charge in [0.25, 0.3) is 11.8 Å². The van der Waals surface area contributed by atoms with Gasteiger partial charge in [-0.1, -0.05) is 6.07 Å². The second kappa shape index (κ2) is 9.22. The third-order valence-electron chi connectivity index (χ3n) is 3.50. The fourth-order valence-electron chi connectivity index (χ4n) is 2.23. The van der Waals surface area contributed by atoms with Crippen LogP contribution in [0.3, 0.4) is 0 Å². The number of hydrogen-bond donors (Lipinski definition) is 3. The van der Waals surface area contributed by atoms with Crippen LogP contribution in [0, 0.1) is 0 Å². The van der Waals surface area contributed by atoms with Crippen molar-refractivity contribution in [3.05, 3.63) is 59.7 Å². The first-order valence-corrected chi connectivity index (χ1v) is 8.07. The molecule has 0 fully saturated rings. The number of benzene rings is 2. The molecule has 0 aliphatic carbocycles. The highest BCUT2D eigenvalue weighted by Crippen LogP contribution is 2.12. The van der Waals surface area contributed by atoms with Gasteiger partial charge in [-0.2, -0.15) is 0 Å². The Labute approximate surface area is 151 Å². The Kier molecular flexibility index (Phi) is 6.73. The number of anilines is 1. The zero-order chi connectivity index (χ0) is 18.9. The van der Waals surface area contributed by atoms with Crippen molar-refractivity contribution < 1.29 is 19.1 Å². The minimum atomic E-state index is -0.255. The third kappa shape index (κ3) is 5.62. The lowest BCUT2D eigenvalue weighted by Gasteiger charge is -2.09. The number of carbonyl (C=O) groups excluding carboxylic acids is 3. The van der Waals surface area contributed by atoms with Crippen LogP contribution in [0.4, 0.5) is 5.69 Å². The Bertz CT molecular complexity index is 788. The van der Waals surface area contributed by atoms with Crippen LogP contribution >= 0.6 is 0 Å². The second-order valence-electron chi connectivity index (χ2n) is 5.50. The molecular weight excluding hydrogens is 334 g/mol. The van der Waals surface area contributed by atoms with E-state index >= 15 is 0 Å². The maximum atomic E-state index is 12.0. The minimum Gasteiger partial charge on any atom is -0.497 e. The fourth-order valence-corrected chi connectivity index (χ4v) is 2.23. The summed E-state index contributed by atoms with van der Waals surface area (Å²) < 4.78 is 5.08. The Balaban J connectivity index is 1.77. The Morgan fingerprint density at radius 2 is 1.50 bits per heavy atom. The number of carbonyl (C=O) groups is 3. The number of amides is 3. The first kappa shape index (κ1) is 19.0. The van der Waals surface area contributed by atoms with Crippen molar-refractivity contribution in [3.63, 3.8) is 0 Å². The lowest BCUT2D eigenvalue weighted by Crippen LogP contribution is -2.34. The highest BCUT2D eigenvalue weighted by molar-refractivity contribution is 5.96. The number of nitrogens with one attached hydrogen (secondary N) is 3. The average Bonchev–Trinajstić information content (AvgIpc) is 2.65. The van der Waals surface area contributed by atoms with Gasteiger partial charge in [0.2, 0.25) is 5.91 Å². The monoisotopic (exact) mass is 355 g/mol. The summed E-state index contributed by atoms with van der Waals surface area (Å²) in [5.74, 6) is -0.0598. The van der Waals surface area contributed by atoms with E-state index < -0.39 is 0 Å². The molecule has 0 heterocycles. The Hall–Kier alpha value is -3.35. The number of ether oxygens (including phenoxy) is 1. The van der Waals surface area contributed by atoms with Crippen molar-refractivity contribution in [2.24, 2.45) is 0 Å². The van der Waals surface area contributed by atoms with Gasteiger partial charge in [-0.25, -0.2) is 0 Å². The molecule has 3 amide bonds. The first-order chi connectivity index (χ1) is 12.5. The van der Waals surface area contributed by atoms with Gasteiger partial charge in [0.05, 0.1) is 7.11 Å². The zero-order valence-corrected chi connectivity index (χ0v) is 14.7. The first-order valence-electron chi connectivity index (χ1n) is 8.07. The van der Waals surface area contributed by atoms with E-state index in [9.17, 15) is 14.4 Å². The summed E-state index contributed by atoms with van der Waals surface area (Å²) in [7, 11) is 1.54. The highest BCUT2D eigenvalue weighted by atomic mass is 16.5. The summed E-state index contributed by atoms with van der Waals surface area (Å²) in [5, 5.41) is 8.09. The summed E-state index contributed by atoms with van der Waals surface area (Å²) in [5.41, 5.74) is 1.59. The molecule has 0 spiro atoms. The lowest BCUT2D eigenvalue weighted by molar-refractivity contribution is -0.114. The summed E-state index contributed by atoms with van der Waals surface area (Å²) in [6, 6.07) is 13.4. The van der Waals surface area contributed by atoms with Crippen LogP contribution in [0.2, 0.25) is 0 Å². The van der Waals surface area contributed by atoms with Gasteiger partial charge in [0.15, 0.2) is 0 Å². The Morgan fingerprint density at radius 1 is 0.885 bits per heavy atom. The molecule has 7 nitrogen and oxygen atoms in total. The van der Waals surface area contributed by atoms with E-state index in [0.29, 0.717) is 35.7 Å². The van der Waals surface area contributed by atoms with E-state index in [-0.39, 0.29) is 17.7 Å². The summed E-state index contributed by atoms with van der Waals surface area (Å²) in [6.07, 6.45) is 0. The number of methoxy groups -OCH3 is 1. The Morgan fingerprint density at radius 3 is 2.08 bits per heavy atom. The molecule has 0 atom stereocenters. The summed E-state index contributed by atoms with van der Waals surface area (Å²) >= 11 is 0. The molecule has 0 aromatic heterocycles. The predicted octanol–water partition coefficient (Wildman–Crippen LogP) is 1.81. The molecule has 26 heavy (non-hydrogen) atoms. The molecule has 0 bridgehead atoms. The molecule has 0 radical (unpaired) electrons. The normalized spacial score (nSPS) is 9.92. The molecule has 0 aliphatic heterocycles. The van der Waals surface area contributed by atoms with Crippen molar-refractivity contribution >= 4 is 23.4 Å². The summed E-state index contributed by atoms with van der Waals surface area (Å²) in [4.78, 5) is 35.1. The largest absolute Gasteiger partial charge is 0.497 e. The van der Waals surface area contributed by atoms with Gasteiger partial charge in [0, 0.05) is 36.8 Å². The molecular formula is C19H21N3O4. The zero-order valence-electron chi connectivity index (χ0n) is 14.7. The van der Waals surface area contributed by atoms with E-state index in [2.05, 4.69) is 16.0 Å². The summed E-state index contributed by atoms with van der Waals surface area (Å²) in [6.45, 7) is 2.01. The third-order valence-corrected chi connectivity index (χ3v) is 3.50. The minimum absolute atomic E-state index is 0.172. The van der Waals surface area contributed by atoms with Gasteiger partial charge in [-0.05, 0) is 42.5 Å². The molecule has 2 aromatic carbocycles. The van der Waals surface area contributed by atoms with Crippen LogP contribution in [0.1, 0.15) is 27.6 Å². The molecule has 0 unspecified atom stereocenters. The van der Waals surface area contributed by atoms with Gasteiger partial charge in [-0.15, -0.1) is 0 Å². The maximum Gasteiger partial charge on any atom is 0.251 e. The molecule has 2 rings (SSSR count). The van der Waals surface area contributed by atoms with E-state index in [4.69, 9.17) is 4.74 Å². The quantitative estimate of drug-likeness (QED) is 0.660. The fraction of sp³-hybridized carbons (Fsp3) is 0.211. The SMILES string of the molecule is COc1cccc(C(=O)NCCNC(=O)c2ccc(NC(C)=O)cc2)c1. The maximum absolute atomic E-state index is 12.0. The van der Waals surface area contributed by atoms with E-state index in [1.165, 1.54) is 14.0 Å². The highest BCUT2D eigenvalue weighted by Gasteiger charge is 2.08. The van der Waals surface area contributed by atoms with E-state index in [1.807, 2.05) is 0 Å². The van der Waals surface area contributed by atoms with Crippen molar-refractivity contribution in [2.45, 2.75) is 6.92 Å². The van der Waals surface area contributed by atoms with Gasteiger partial charge < -0.3 is 20.7 Å². The molecule has 2 aromatic rings. The number of rotatable bonds is 7. The van der Waals surface area contributed by atoms with Crippen molar-refractivity contribution in [1.29, 1.82) is 0 Å². The van der Waals surface area contributed by atoms with E-state index in [1.54, 1.807) is 48.5 Å². The van der Waals surface area contributed by atoms with Crippen LogP contribution in [0.25, 0.3) is 0 Å². The molecule has 0 saturated heterocycles. The van der Waals surface area contributed by atoms with Crippen LogP contribution < -0.4 is 20.7 Å². The van der Waals surface area contributed by atoms with Crippen LogP contribution in [0.15, 0.2) is 48.5 Å². The molecule has 7 heteroatoms. The molecule has 3 N–H and O–H groups in total. The number of hydrogen-bond acceptors (Lipinski definition) is 4.